The van der Waals surface area contributed by atoms with Crippen molar-refractivity contribution in [3.63, 3.8) is 0 Å². The van der Waals surface area contributed by atoms with Crippen molar-refractivity contribution in [1.29, 1.82) is 0 Å². The van der Waals surface area contributed by atoms with E-state index >= 15 is 0 Å². The number of allylic oxidation sites excluding steroid dienone is 3. The maximum absolute atomic E-state index is 13.4. The average molecular weight is 649 g/mol. The predicted octanol–water partition coefficient (Wildman–Crippen LogP) is 9.97. The Kier molecular flexibility index (Phi) is 6.05. The second-order valence-electron chi connectivity index (χ2n) is 12.9. The van der Waals surface area contributed by atoms with Crippen molar-refractivity contribution in [3.8, 4) is 21.6 Å². The lowest BCUT2D eigenvalue weighted by molar-refractivity contribution is 0.0990. The summed E-state index contributed by atoms with van der Waals surface area (Å²) >= 11 is 1.65. The van der Waals surface area contributed by atoms with Gasteiger partial charge in [-0.25, -0.2) is 0 Å². The number of carbonyl (C=O) groups is 2. The van der Waals surface area contributed by atoms with Gasteiger partial charge in [-0.05, 0) is 87.8 Å². The van der Waals surface area contributed by atoms with Gasteiger partial charge in [-0.15, -0.1) is 11.3 Å². The van der Waals surface area contributed by atoms with Gasteiger partial charge < -0.3 is 4.90 Å². The number of rotatable bonds is 4. The summed E-state index contributed by atoms with van der Waals surface area (Å²) in [5, 5.41) is 0. The Hall–Kier alpha value is -5.91. The molecular weight excluding hydrogens is 621 g/mol. The summed E-state index contributed by atoms with van der Waals surface area (Å²) in [5.41, 5.74) is 11.3. The number of hydrogen-bond acceptors (Lipinski definition) is 5. The van der Waals surface area contributed by atoms with Gasteiger partial charge in [0.1, 0.15) is 0 Å². The second-order valence-corrected chi connectivity index (χ2v) is 14.0. The lowest BCUT2D eigenvalue weighted by Gasteiger charge is -2.35. The highest BCUT2D eigenvalue weighted by atomic mass is 32.1. The molecule has 1 unspecified atom stereocenters. The number of Topliss-reactive ketones (excluding diaryl/α,β-unsaturated/α-hetero) is 2. The van der Waals surface area contributed by atoms with Crippen LogP contribution in [0.3, 0.4) is 0 Å². The van der Waals surface area contributed by atoms with Gasteiger partial charge in [-0.2, -0.15) is 0 Å². The zero-order valence-corrected chi connectivity index (χ0v) is 27.2. The topological polar surface area (TPSA) is 50.3 Å². The number of ketones is 2. The molecule has 49 heavy (non-hydrogen) atoms. The first-order valence-corrected chi connectivity index (χ1v) is 17.4. The summed E-state index contributed by atoms with van der Waals surface area (Å²) in [6.45, 7) is 0. The quantitative estimate of drug-likeness (QED) is 0.141. The van der Waals surface area contributed by atoms with Crippen LogP contribution in [0.25, 0.3) is 27.6 Å². The lowest BCUT2D eigenvalue weighted by atomic mass is 9.71. The molecule has 10 rings (SSSR count). The molecule has 0 N–H and O–H groups in total. The molecule has 232 valence electrons. The number of benzene rings is 4. The van der Waals surface area contributed by atoms with Gasteiger partial charge in [-0.1, -0.05) is 97.1 Å². The Labute approximate surface area is 288 Å². The van der Waals surface area contributed by atoms with Crippen LogP contribution in [0.5, 0.6) is 0 Å². The molecule has 4 nitrogen and oxygen atoms in total. The van der Waals surface area contributed by atoms with Crippen molar-refractivity contribution < 1.29 is 9.59 Å². The number of aromatic nitrogens is 1. The minimum absolute atomic E-state index is 0.180. The molecule has 0 amide bonds. The maximum atomic E-state index is 13.4. The van der Waals surface area contributed by atoms with Crippen LogP contribution in [0.1, 0.15) is 54.3 Å². The van der Waals surface area contributed by atoms with Crippen LogP contribution in [0, 0.1) is 0 Å². The first kappa shape index (κ1) is 28.1. The van der Waals surface area contributed by atoms with Crippen LogP contribution >= 0.6 is 11.3 Å². The van der Waals surface area contributed by atoms with E-state index in [1.54, 1.807) is 29.7 Å². The van der Waals surface area contributed by atoms with Crippen LogP contribution in [-0.2, 0) is 5.41 Å². The Morgan fingerprint density at radius 2 is 1.41 bits per heavy atom. The fourth-order valence-electron chi connectivity index (χ4n) is 8.43. The zero-order chi connectivity index (χ0) is 32.7. The van der Waals surface area contributed by atoms with Crippen molar-refractivity contribution >= 4 is 40.4 Å². The Morgan fingerprint density at radius 1 is 0.673 bits per heavy atom. The van der Waals surface area contributed by atoms with Crippen molar-refractivity contribution in [2.75, 3.05) is 4.90 Å². The number of hydrogen-bond donors (Lipinski definition) is 0. The fraction of sp³-hybridized carbons (Fsp3) is 0.0682. The number of carbonyl (C=O) groups excluding carboxylic acids is 2. The first-order valence-electron chi connectivity index (χ1n) is 16.6. The van der Waals surface area contributed by atoms with E-state index in [1.807, 2.05) is 0 Å². The summed E-state index contributed by atoms with van der Waals surface area (Å²) in [7, 11) is 0. The highest BCUT2D eigenvalue weighted by Gasteiger charge is 2.53. The summed E-state index contributed by atoms with van der Waals surface area (Å²) in [5.74, 6) is -0.495. The van der Waals surface area contributed by atoms with Gasteiger partial charge in [-0.3, -0.25) is 14.6 Å². The third-order valence-corrected chi connectivity index (χ3v) is 11.6. The van der Waals surface area contributed by atoms with E-state index in [4.69, 9.17) is 0 Å². The lowest BCUT2D eigenvalue weighted by Crippen LogP contribution is -2.30. The third-order valence-electron chi connectivity index (χ3n) is 10.4. The summed E-state index contributed by atoms with van der Waals surface area (Å²) < 4.78 is 0. The number of thiophene rings is 1. The highest BCUT2D eigenvalue weighted by molar-refractivity contribution is 7.16. The van der Waals surface area contributed by atoms with E-state index in [0.717, 1.165) is 22.7 Å². The molecule has 6 aromatic rings. The van der Waals surface area contributed by atoms with Crippen LogP contribution in [0.2, 0.25) is 0 Å². The van der Waals surface area contributed by atoms with Crippen molar-refractivity contribution in [2.45, 2.75) is 17.9 Å². The standard InChI is InChI=1S/C44H28N2O2S/c47-41-33-21-22-45-26-36(33)42(48)35(41)24-30-25-40-43(49-30)34-20-19-29(46(27-11-3-1-4-12-27)28-13-5-2-6-14-28)23-39(34)44(40)37-17-9-7-15-31(37)32-16-8-10-18-38(32)44/h1-13,15-26,28H,14H2/b35-24+. The number of para-hydroxylation sites is 1. The largest absolute Gasteiger partial charge is 0.334 e. The van der Waals surface area contributed by atoms with E-state index in [-0.39, 0.29) is 23.2 Å². The molecule has 0 bridgehead atoms. The molecule has 1 spiro atoms. The van der Waals surface area contributed by atoms with Crippen molar-refractivity contribution in [2.24, 2.45) is 0 Å². The number of pyridine rings is 1. The molecule has 4 aliphatic rings. The average Bonchev–Trinajstić information content (AvgIpc) is 3.85. The van der Waals surface area contributed by atoms with Crippen molar-refractivity contribution in [3.05, 3.63) is 190 Å². The van der Waals surface area contributed by atoms with E-state index in [1.165, 1.54) is 50.0 Å². The third kappa shape index (κ3) is 3.88. The molecule has 0 saturated heterocycles. The number of anilines is 2. The van der Waals surface area contributed by atoms with E-state index < -0.39 is 5.41 Å². The van der Waals surface area contributed by atoms with E-state index in [0.29, 0.717) is 11.1 Å². The van der Waals surface area contributed by atoms with Gasteiger partial charge in [0.15, 0.2) is 11.6 Å². The van der Waals surface area contributed by atoms with Gasteiger partial charge >= 0.3 is 0 Å². The Morgan fingerprint density at radius 3 is 2.14 bits per heavy atom. The van der Waals surface area contributed by atoms with Gasteiger partial charge in [0.2, 0.25) is 0 Å². The monoisotopic (exact) mass is 648 g/mol. The minimum atomic E-state index is -0.553. The van der Waals surface area contributed by atoms with Crippen molar-refractivity contribution in [1.82, 2.24) is 4.98 Å². The molecule has 0 fully saturated rings. The molecule has 1 atom stereocenters. The zero-order valence-electron chi connectivity index (χ0n) is 26.3. The molecule has 5 heteroatoms. The van der Waals surface area contributed by atoms with Crippen LogP contribution in [-0.4, -0.2) is 22.6 Å². The van der Waals surface area contributed by atoms with Crippen LogP contribution in [0.15, 0.2) is 151 Å². The highest BCUT2D eigenvalue weighted by Crippen LogP contribution is 2.65. The smallest absolute Gasteiger partial charge is 0.199 e. The maximum Gasteiger partial charge on any atom is 0.199 e. The number of fused-ring (bicyclic) bond motifs is 11. The summed E-state index contributed by atoms with van der Waals surface area (Å²) in [6, 6.07) is 39.1. The van der Waals surface area contributed by atoms with Crippen LogP contribution < -0.4 is 4.90 Å². The molecule has 0 saturated carbocycles. The van der Waals surface area contributed by atoms with E-state index in [9.17, 15) is 9.59 Å². The molecule has 2 heterocycles. The first-order chi connectivity index (χ1) is 24.1. The van der Waals surface area contributed by atoms with Gasteiger partial charge in [0, 0.05) is 39.1 Å². The molecule has 0 radical (unpaired) electrons. The SMILES string of the molecule is O=C1/C(=C\c2cc3c(s2)-c2ccc(N(c4ccccc4)C4C=CC=CC4)cc2C32c3ccccc3-c3ccccc32)C(=O)c2cnccc21. The molecule has 0 aliphatic heterocycles. The molecule has 4 aliphatic carbocycles. The summed E-state index contributed by atoms with van der Waals surface area (Å²) in [6.07, 6.45) is 14.6. The summed E-state index contributed by atoms with van der Waals surface area (Å²) in [4.78, 5) is 35.4. The van der Waals surface area contributed by atoms with E-state index in [2.05, 4.69) is 137 Å². The normalized spacial score (nSPS) is 18.0. The second kappa shape index (κ2) is 10.5. The minimum Gasteiger partial charge on any atom is -0.334 e. The molecule has 4 aromatic carbocycles. The van der Waals surface area contributed by atoms with Crippen LogP contribution in [0.4, 0.5) is 11.4 Å². The Balaban J connectivity index is 1.21. The van der Waals surface area contributed by atoms with Gasteiger partial charge in [0.25, 0.3) is 0 Å². The predicted molar refractivity (Wildman–Crippen MR) is 197 cm³/mol. The fourth-order valence-corrected chi connectivity index (χ4v) is 9.63. The Bertz CT molecular complexity index is 2400. The number of nitrogens with zero attached hydrogens (tertiary/aromatic N) is 2. The molecule has 2 aromatic heterocycles. The molecular formula is C44H28N2O2S. The van der Waals surface area contributed by atoms with Gasteiger partial charge in [0.05, 0.1) is 22.6 Å².